The fraction of sp³-hybridized carbons (Fsp3) is 0.750. The van der Waals surface area contributed by atoms with Crippen molar-refractivity contribution in [2.75, 3.05) is 60.0 Å². The van der Waals surface area contributed by atoms with Gasteiger partial charge in [0.2, 0.25) is 0 Å². The van der Waals surface area contributed by atoms with Gasteiger partial charge in [0, 0.05) is 44.6 Å². The summed E-state index contributed by atoms with van der Waals surface area (Å²) in [5, 5.41) is 9.28. The van der Waals surface area contributed by atoms with Crippen LogP contribution in [0.3, 0.4) is 0 Å². The van der Waals surface area contributed by atoms with Gasteiger partial charge in [-0.3, -0.25) is 9.89 Å². The van der Waals surface area contributed by atoms with Gasteiger partial charge in [-0.2, -0.15) is 0 Å². The average molecular weight is 522 g/mol. The predicted molar refractivity (Wildman–Crippen MR) is 129 cm³/mol. The molecule has 1 aromatic rings. The number of morpholine rings is 1. The highest BCUT2D eigenvalue weighted by Crippen LogP contribution is 2.26. The summed E-state index contributed by atoms with van der Waals surface area (Å²) in [6.45, 7) is 9.18. The third-order valence-corrected chi connectivity index (χ3v) is 6.53. The van der Waals surface area contributed by atoms with Crippen LogP contribution >= 0.6 is 35.3 Å². The zero-order valence-corrected chi connectivity index (χ0v) is 20.5. The Bertz CT molecular complexity index is 585. The van der Waals surface area contributed by atoms with E-state index in [4.69, 9.17) is 4.74 Å². The van der Waals surface area contributed by atoms with Gasteiger partial charge in [-0.25, -0.2) is 0 Å². The monoisotopic (exact) mass is 521 g/mol. The third-order valence-electron chi connectivity index (χ3n) is 5.55. The lowest BCUT2D eigenvalue weighted by atomic mass is 9.99. The first kappa shape index (κ1) is 23.9. The summed E-state index contributed by atoms with van der Waals surface area (Å²) in [6.07, 6.45) is 2.89. The molecule has 28 heavy (non-hydrogen) atoms. The average Bonchev–Trinajstić information content (AvgIpc) is 3.19. The topological polar surface area (TPSA) is 52.1 Å². The second-order valence-corrected chi connectivity index (χ2v) is 8.79. The molecule has 0 spiro atoms. The Hall–Kier alpha value is -0.420. The van der Waals surface area contributed by atoms with Crippen molar-refractivity contribution in [3.63, 3.8) is 0 Å². The van der Waals surface area contributed by atoms with Gasteiger partial charge >= 0.3 is 0 Å². The Morgan fingerprint density at radius 2 is 2.21 bits per heavy atom. The van der Waals surface area contributed by atoms with Crippen LogP contribution in [0.1, 0.15) is 30.7 Å². The molecule has 3 heterocycles. The lowest BCUT2D eigenvalue weighted by Crippen LogP contribution is -2.49. The minimum atomic E-state index is 0. The molecule has 6 nitrogen and oxygen atoms in total. The summed E-state index contributed by atoms with van der Waals surface area (Å²) in [5.41, 5.74) is 0. The van der Waals surface area contributed by atoms with Gasteiger partial charge in [-0.1, -0.05) is 6.07 Å². The number of nitrogens with zero attached hydrogens (tertiary/aromatic N) is 3. The smallest absolute Gasteiger partial charge is 0.191 e. The number of thiophene rings is 1. The fourth-order valence-electron chi connectivity index (χ4n) is 4.11. The Balaban J connectivity index is 0.00000280. The standard InChI is InChI=1S/C20H35N5OS.HI/c1-16-14-25(9-10-26-16)18(19-7-5-11-27-19)13-23-20(21-2)22-12-17-6-4-8-24(3)15-17;/h5,7,11,16-18H,4,6,8-10,12-15H2,1-3H3,(H2,21,22,23);1H. The van der Waals surface area contributed by atoms with Gasteiger partial charge < -0.3 is 20.3 Å². The fourth-order valence-corrected chi connectivity index (χ4v) is 4.97. The number of aliphatic imine (C=N–C) groups is 1. The maximum Gasteiger partial charge on any atom is 0.191 e. The summed E-state index contributed by atoms with van der Waals surface area (Å²) in [6, 6.07) is 4.74. The molecule has 0 amide bonds. The zero-order valence-electron chi connectivity index (χ0n) is 17.4. The summed E-state index contributed by atoms with van der Waals surface area (Å²) < 4.78 is 5.74. The molecule has 3 rings (SSSR count). The molecular formula is C20H36IN5OS. The van der Waals surface area contributed by atoms with Crippen molar-refractivity contribution in [3.8, 4) is 0 Å². The van der Waals surface area contributed by atoms with Gasteiger partial charge in [0.25, 0.3) is 0 Å². The van der Waals surface area contributed by atoms with Crippen molar-refractivity contribution in [1.29, 1.82) is 0 Å². The van der Waals surface area contributed by atoms with Crippen molar-refractivity contribution < 1.29 is 4.74 Å². The number of ether oxygens (including phenoxy) is 1. The van der Waals surface area contributed by atoms with E-state index in [9.17, 15) is 0 Å². The van der Waals surface area contributed by atoms with Crippen LogP contribution in [0.25, 0.3) is 0 Å². The molecule has 2 aliphatic heterocycles. The number of likely N-dealkylation sites (tertiary alicyclic amines) is 1. The van der Waals surface area contributed by atoms with E-state index in [2.05, 4.69) is 56.9 Å². The molecule has 160 valence electrons. The molecule has 3 unspecified atom stereocenters. The van der Waals surface area contributed by atoms with Crippen LogP contribution < -0.4 is 10.6 Å². The molecule has 2 fully saturated rings. The lowest BCUT2D eigenvalue weighted by Gasteiger charge is -2.37. The van der Waals surface area contributed by atoms with Crippen LogP contribution in [0.5, 0.6) is 0 Å². The number of hydrogen-bond donors (Lipinski definition) is 2. The zero-order chi connectivity index (χ0) is 19.1. The van der Waals surface area contributed by atoms with E-state index < -0.39 is 0 Å². The number of halogens is 1. The quantitative estimate of drug-likeness (QED) is 0.343. The lowest BCUT2D eigenvalue weighted by molar-refractivity contribution is -0.0334. The van der Waals surface area contributed by atoms with Gasteiger partial charge in [0.15, 0.2) is 5.96 Å². The molecular weight excluding hydrogens is 485 g/mol. The van der Waals surface area contributed by atoms with E-state index in [1.54, 1.807) is 0 Å². The van der Waals surface area contributed by atoms with E-state index in [1.165, 1.54) is 30.8 Å². The summed E-state index contributed by atoms with van der Waals surface area (Å²) in [4.78, 5) is 10.8. The number of hydrogen-bond acceptors (Lipinski definition) is 5. The number of nitrogens with one attached hydrogen (secondary N) is 2. The largest absolute Gasteiger partial charge is 0.376 e. The first-order chi connectivity index (χ1) is 13.2. The third kappa shape index (κ3) is 7.12. The molecule has 0 aromatic carbocycles. The van der Waals surface area contributed by atoms with Crippen LogP contribution in [0.4, 0.5) is 0 Å². The van der Waals surface area contributed by atoms with E-state index in [0.29, 0.717) is 18.1 Å². The first-order valence-electron chi connectivity index (χ1n) is 10.2. The molecule has 3 atom stereocenters. The van der Waals surface area contributed by atoms with Gasteiger partial charge in [0.1, 0.15) is 0 Å². The Labute approximate surface area is 191 Å². The van der Waals surface area contributed by atoms with Crippen molar-refractivity contribution in [2.45, 2.75) is 31.9 Å². The van der Waals surface area contributed by atoms with Crippen molar-refractivity contribution >= 4 is 41.3 Å². The normalized spacial score (nSPS) is 25.8. The van der Waals surface area contributed by atoms with Crippen LogP contribution in [-0.4, -0.2) is 81.8 Å². The Morgan fingerprint density at radius 3 is 2.89 bits per heavy atom. The molecule has 0 radical (unpaired) electrons. The molecule has 2 N–H and O–H groups in total. The predicted octanol–water partition coefficient (Wildman–Crippen LogP) is 2.63. The highest BCUT2D eigenvalue weighted by Gasteiger charge is 2.26. The van der Waals surface area contributed by atoms with E-state index in [1.807, 2.05) is 18.4 Å². The maximum absolute atomic E-state index is 5.74. The molecule has 8 heteroatoms. The second kappa shape index (κ2) is 12.3. The molecule has 2 saturated heterocycles. The SMILES string of the molecule is CN=C(NCC1CCCN(C)C1)NCC(c1cccs1)N1CCOC(C)C1.I. The van der Waals surface area contributed by atoms with Crippen LogP contribution in [0.15, 0.2) is 22.5 Å². The summed E-state index contributed by atoms with van der Waals surface area (Å²) in [5.74, 6) is 1.61. The van der Waals surface area contributed by atoms with Crippen LogP contribution in [0.2, 0.25) is 0 Å². The minimum Gasteiger partial charge on any atom is -0.376 e. The number of rotatable bonds is 6. The first-order valence-corrected chi connectivity index (χ1v) is 11.1. The highest BCUT2D eigenvalue weighted by molar-refractivity contribution is 14.0. The van der Waals surface area contributed by atoms with Gasteiger partial charge in [-0.05, 0) is 50.7 Å². The van der Waals surface area contributed by atoms with E-state index in [0.717, 1.165) is 38.7 Å². The molecule has 2 aliphatic rings. The van der Waals surface area contributed by atoms with Gasteiger partial charge in [-0.15, -0.1) is 35.3 Å². The Kier molecular flexibility index (Phi) is 10.5. The molecule has 1 aromatic heterocycles. The number of piperidine rings is 1. The van der Waals surface area contributed by atoms with Crippen molar-refractivity contribution in [1.82, 2.24) is 20.4 Å². The van der Waals surface area contributed by atoms with E-state index in [-0.39, 0.29) is 24.0 Å². The van der Waals surface area contributed by atoms with Crippen molar-refractivity contribution in [3.05, 3.63) is 22.4 Å². The summed E-state index contributed by atoms with van der Waals surface area (Å²) in [7, 11) is 4.08. The van der Waals surface area contributed by atoms with E-state index >= 15 is 0 Å². The number of guanidine groups is 1. The minimum absolute atomic E-state index is 0. The molecule has 0 bridgehead atoms. The molecule has 0 saturated carbocycles. The maximum atomic E-state index is 5.74. The van der Waals surface area contributed by atoms with Crippen LogP contribution in [0, 0.1) is 5.92 Å². The second-order valence-electron chi connectivity index (χ2n) is 7.81. The highest BCUT2D eigenvalue weighted by atomic mass is 127. The molecule has 0 aliphatic carbocycles. The van der Waals surface area contributed by atoms with Crippen molar-refractivity contribution in [2.24, 2.45) is 10.9 Å². The summed E-state index contributed by atoms with van der Waals surface area (Å²) >= 11 is 1.83. The van der Waals surface area contributed by atoms with Crippen LogP contribution in [-0.2, 0) is 4.74 Å². The van der Waals surface area contributed by atoms with Gasteiger partial charge in [0.05, 0.1) is 18.8 Å². The Morgan fingerprint density at radius 1 is 1.36 bits per heavy atom.